The van der Waals surface area contributed by atoms with Crippen molar-refractivity contribution in [1.82, 2.24) is 5.32 Å². The van der Waals surface area contributed by atoms with Gasteiger partial charge < -0.3 is 20.1 Å². The third-order valence-electron chi connectivity index (χ3n) is 3.45. The first kappa shape index (κ1) is 21.6. The number of thiophene rings is 1. The van der Waals surface area contributed by atoms with Gasteiger partial charge in [0.1, 0.15) is 0 Å². The summed E-state index contributed by atoms with van der Waals surface area (Å²) in [6, 6.07) is 10.0. The quantitative estimate of drug-likeness (QED) is 0.351. The van der Waals surface area contributed by atoms with Crippen molar-refractivity contribution >= 4 is 47.0 Å². The minimum absolute atomic E-state index is 0. The van der Waals surface area contributed by atoms with E-state index in [0.717, 1.165) is 24.6 Å². The number of benzene rings is 1. The van der Waals surface area contributed by atoms with Crippen LogP contribution in [-0.2, 0) is 13.0 Å². The molecule has 0 aliphatic heterocycles. The maximum atomic E-state index is 5.34. The number of methoxy groups -OCH3 is 2. The van der Waals surface area contributed by atoms with Crippen LogP contribution >= 0.6 is 35.3 Å². The van der Waals surface area contributed by atoms with Gasteiger partial charge in [-0.1, -0.05) is 6.92 Å². The molecule has 0 aliphatic carbocycles. The Morgan fingerprint density at radius 1 is 1.04 bits per heavy atom. The zero-order valence-corrected chi connectivity index (χ0v) is 18.2. The summed E-state index contributed by atoms with van der Waals surface area (Å²) < 4.78 is 10.6. The molecule has 1 aromatic heterocycles. The van der Waals surface area contributed by atoms with E-state index in [1.807, 2.05) is 36.5 Å². The Labute approximate surface area is 170 Å². The van der Waals surface area contributed by atoms with Crippen molar-refractivity contribution in [3.8, 4) is 11.5 Å². The molecule has 0 bridgehead atoms. The van der Waals surface area contributed by atoms with Crippen LogP contribution < -0.4 is 20.1 Å². The molecule has 25 heavy (non-hydrogen) atoms. The van der Waals surface area contributed by atoms with Gasteiger partial charge in [0.15, 0.2) is 17.5 Å². The van der Waals surface area contributed by atoms with Crippen molar-refractivity contribution in [3.05, 3.63) is 40.1 Å². The fraction of sp³-hybridized carbons (Fsp3) is 0.389. The lowest BCUT2D eigenvalue weighted by atomic mass is 10.3. The van der Waals surface area contributed by atoms with E-state index in [-0.39, 0.29) is 24.0 Å². The standard InChI is InChI=1S/C18H25N3O2S.HI/c1-5-14-8-9-15(24-14)12-20-18(19-6-2)21-13-7-10-16(22-3)17(11-13)23-4;/h7-11H,5-6,12H2,1-4H3,(H2,19,20,21);1H. The van der Waals surface area contributed by atoms with Gasteiger partial charge in [0, 0.05) is 28.1 Å². The second-order valence-corrected chi connectivity index (χ2v) is 6.36. The Morgan fingerprint density at radius 3 is 2.36 bits per heavy atom. The molecule has 0 radical (unpaired) electrons. The van der Waals surface area contributed by atoms with Crippen molar-refractivity contribution in [3.63, 3.8) is 0 Å². The fourth-order valence-electron chi connectivity index (χ4n) is 2.21. The van der Waals surface area contributed by atoms with Crippen LogP contribution in [0.25, 0.3) is 0 Å². The molecular formula is C18H26IN3O2S. The number of anilines is 1. The van der Waals surface area contributed by atoms with E-state index in [4.69, 9.17) is 9.47 Å². The maximum absolute atomic E-state index is 5.34. The highest BCUT2D eigenvalue weighted by Crippen LogP contribution is 2.29. The summed E-state index contributed by atoms with van der Waals surface area (Å²) in [6.45, 7) is 5.67. The number of nitrogens with one attached hydrogen (secondary N) is 2. The lowest BCUT2D eigenvalue weighted by Crippen LogP contribution is -2.30. The molecule has 0 saturated heterocycles. The van der Waals surface area contributed by atoms with Crippen molar-refractivity contribution in [2.45, 2.75) is 26.8 Å². The molecule has 2 rings (SSSR count). The number of hydrogen-bond donors (Lipinski definition) is 2. The van der Waals surface area contributed by atoms with Gasteiger partial charge in [-0.15, -0.1) is 35.3 Å². The summed E-state index contributed by atoms with van der Waals surface area (Å²) in [6.07, 6.45) is 1.07. The predicted molar refractivity (Wildman–Crippen MR) is 117 cm³/mol. The van der Waals surface area contributed by atoms with Gasteiger partial charge in [0.2, 0.25) is 0 Å². The van der Waals surface area contributed by atoms with Crippen LogP contribution in [0.5, 0.6) is 11.5 Å². The summed E-state index contributed by atoms with van der Waals surface area (Å²) in [5.41, 5.74) is 0.896. The first-order valence-corrected chi connectivity index (χ1v) is 8.86. The third kappa shape index (κ3) is 6.39. The summed E-state index contributed by atoms with van der Waals surface area (Å²) in [5, 5.41) is 6.56. The molecule has 5 nitrogen and oxygen atoms in total. The van der Waals surface area contributed by atoms with Gasteiger partial charge in [-0.05, 0) is 37.6 Å². The lowest BCUT2D eigenvalue weighted by Gasteiger charge is -2.13. The average molecular weight is 475 g/mol. The van der Waals surface area contributed by atoms with Crippen LogP contribution in [0, 0.1) is 0 Å². The molecule has 0 unspecified atom stereocenters. The minimum Gasteiger partial charge on any atom is -0.493 e. The van der Waals surface area contributed by atoms with Gasteiger partial charge in [-0.25, -0.2) is 4.99 Å². The topological polar surface area (TPSA) is 54.9 Å². The largest absolute Gasteiger partial charge is 0.493 e. The van der Waals surface area contributed by atoms with E-state index in [0.29, 0.717) is 18.0 Å². The molecule has 2 N–H and O–H groups in total. The Bertz CT molecular complexity index is 689. The van der Waals surface area contributed by atoms with Gasteiger partial charge in [-0.2, -0.15) is 0 Å². The highest BCUT2D eigenvalue weighted by Gasteiger charge is 2.06. The van der Waals surface area contributed by atoms with Crippen molar-refractivity contribution in [2.75, 3.05) is 26.1 Å². The first-order valence-electron chi connectivity index (χ1n) is 8.05. The van der Waals surface area contributed by atoms with E-state index < -0.39 is 0 Å². The zero-order valence-electron chi connectivity index (χ0n) is 15.1. The molecular weight excluding hydrogens is 449 g/mol. The zero-order chi connectivity index (χ0) is 17.4. The molecule has 1 heterocycles. The molecule has 0 spiro atoms. The highest BCUT2D eigenvalue weighted by molar-refractivity contribution is 14.0. The second kappa shape index (κ2) is 11.2. The number of guanidine groups is 1. The Morgan fingerprint density at radius 2 is 1.76 bits per heavy atom. The predicted octanol–water partition coefficient (Wildman–Crippen LogP) is 4.52. The Hall–Kier alpha value is -1.48. The number of rotatable bonds is 7. The van der Waals surface area contributed by atoms with Gasteiger partial charge in [0.05, 0.1) is 20.8 Å². The van der Waals surface area contributed by atoms with Crippen LogP contribution in [0.2, 0.25) is 0 Å². The normalized spacial score (nSPS) is 10.8. The number of ether oxygens (including phenoxy) is 2. The van der Waals surface area contributed by atoms with Crippen LogP contribution in [-0.4, -0.2) is 26.7 Å². The molecule has 7 heteroatoms. The summed E-state index contributed by atoms with van der Waals surface area (Å²) >= 11 is 1.81. The van der Waals surface area contributed by atoms with E-state index in [9.17, 15) is 0 Å². The van der Waals surface area contributed by atoms with Gasteiger partial charge in [-0.3, -0.25) is 0 Å². The molecule has 0 aliphatic rings. The van der Waals surface area contributed by atoms with Crippen molar-refractivity contribution in [1.29, 1.82) is 0 Å². The number of aryl methyl sites for hydroxylation is 1. The van der Waals surface area contributed by atoms with E-state index in [2.05, 4.69) is 34.7 Å². The second-order valence-electron chi connectivity index (χ2n) is 5.11. The van der Waals surface area contributed by atoms with Gasteiger partial charge in [0.25, 0.3) is 0 Å². The molecule has 0 saturated carbocycles. The van der Waals surface area contributed by atoms with Crippen molar-refractivity contribution in [2.24, 2.45) is 4.99 Å². The fourth-order valence-corrected chi connectivity index (χ4v) is 3.09. The van der Waals surface area contributed by atoms with Crippen LogP contribution in [0.15, 0.2) is 35.3 Å². The molecule has 138 valence electrons. The third-order valence-corrected chi connectivity index (χ3v) is 4.66. The molecule has 0 amide bonds. The first-order chi connectivity index (χ1) is 11.7. The molecule has 0 atom stereocenters. The maximum Gasteiger partial charge on any atom is 0.196 e. The monoisotopic (exact) mass is 475 g/mol. The summed E-state index contributed by atoms with van der Waals surface area (Å²) in [7, 11) is 3.26. The van der Waals surface area contributed by atoms with Crippen LogP contribution in [0.4, 0.5) is 5.69 Å². The van der Waals surface area contributed by atoms with Crippen LogP contribution in [0.1, 0.15) is 23.6 Å². The number of halogens is 1. The summed E-state index contributed by atoms with van der Waals surface area (Å²) in [5.74, 6) is 2.14. The minimum atomic E-state index is 0. The smallest absolute Gasteiger partial charge is 0.196 e. The molecule has 0 fully saturated rings. The highest BCUT2D eigenvalue weighted by atomic mass is 127. The Kier molecular flexibility index (Phi) is 9.66. The lowest BCUT2D eigenvalue weighted by molar-refractivity contribution is 0.355. The van der Waals surface area contributed by atoms with Crippen molar-refractivity contribution < 1.29 is 9.47 Å². The number of nitrogens with zero attached hydrogens (tertiary/aromatic N) is 1. The average Bonchev–Trinajstić information content (AvgIpc) is 3.08. The van der Waals surface area contributed by atoms with E-state index >= 15 is 0 Å². The SMILES string of the molecule is CCNC(=NCc1ccc(CC)s1)Nc1ccc(OC)c(OC)c1.I. The van der Waals surface area contributed by atoms with E-state index in [1.165, 1.54) is 9.75 Å². The Balaban J connectivity index is 0.00000312. The number of aliphatic imine (C=N–C) groups is 1. The van der Waals surface area contributed by atoms with Gasteiger partial charge >= 0.3 is 0 Å². The molecule has 1 aromatic carbocycles. The molecule has 2 aromatic rings. The van der Waals surface area contributed by atoms with Crippen LogP contribution in [0.3, 0.4) is 0 Å². The summed E-state index contributed by atoms with van der Waals surface area (Å²) in [4.78, 5) is 7.31. The van der Waals surface area contributed by atoms with E-state index in [1.54, 1.807) is 14.2 Å². The number of hydrogen-bond acceptors (Lipinski definition) is 4.